The Bertz CT molecular complexity index is 1320. The lowest BCUT2D eigenvalue weighted by atomic mass is 9.98. The largest absolute Gasteiger partial charge is 0.452 e. The third kappa shape index (κ3) is 8.33. The van der Waals surface area contributed by atoms with E-state index < -0.39 is 42.1 Å². The number of esters is 1. The molecule has 1 saturated heterocycles. The van der Waals surface area contributed by atoms with Crippen LogP contribution in [0.1, 0.15) is 97.7 Å². The first-order valence-corrected chi connectivity index (χ1v) is 17.8. The van der Waals surface area contributed by atoms with E-state index in [-0.39, 0.29) is 34.1 Å². The molecule has 2 fully saturated rings. The van der Waals surface area contributed by atoms with Gasteiger partial charge >= 0.3 is 5.97 Å². The molecule has 4 rings (SSSR count). The summed E-state index contributed by atoms with van der Waals surface area (Å²) in [6, 6.07) is 6.29. The van der Waals surface area contributed by atoms with Crippen LogP contribution in [0.2, 0.25) is 0 Å². The summed E-state index contributed by atoms with van der Waals surface area (Å²) in [5, 5.41) is 7.24. The van der Waals surface area contributed by atoms with E-state index in [9.17, 15) is 19.2 Å². The van der Waals surface area contributed by atoms with E-state index >= 15 is 0 Å². The molecule has 2 unspecified atom stereocenters. The standard InChI is InChI=1S/C35H52N4O6S/c1-21(2)29-31(41)37-24(5)32(42)39-18-12-16-27(38-39)30(40)36-23(4)26-15-11-14-25(19-26)13-9-10-17-28(22(3)33(43)44-29)45-35(46-8)20-34(35,6)7/h9,11,13-15,19,21-24,27-29,38H,10,12,16-18,20H2,1-8H3,(H,36,40)(H,37,41)/b13-9+/t22-,23-,24+,27+,28?,29+,35?/m1/s1. The number of hydrogen-bond acceptors (Lipinski definition) is 8. The minimum absolute atomic E-state index is 0.0223. The molecule has 3 amide bonds. The molecule has 1 aromatic rings. The number of carbonyl (C=O) groups excluding carboxylic acids is 4. The van der Waals surface area contributed by atoms with Crippen molar-refractivity contribution < 1.29 is 28.7 Å². The van der Waals surface area contributed by atoms with Crippen molar-refractivity contribution in [1.29, 1.82) is 0 Å². The van der Waals surface area contributed by atoms with E-state index in [4.69, 9.17) is 9.47 Å². The van der Waals surface area contributed by atoms with Gasteiger partial charge in [0, 0.05) is 12.0 Å². The van der Waals surface area contributed by atoms with Gasteiger partial charge in [0.1, 0.15) is 17.0 Å². The maximum atomic E-state index is 13.6. The lowest BCUT2D eigenvalue weighted by Crippen LogP contribution is -2.61. The first kappa shape index (κ1) is 36.0. The van der Waals surface area contributed by atoms with Crippen molar-refractivity contribution in [1.82, 2.24) is 21.1 Å². The number of hydrazine groups is 1. The van der Waals surface area contributed by atoms with E-state index in [2.05, 4.69) is 42.0 Å². The average molecular weight is 657 g/mol. The predicted molar refractivity (Wildman–Crippen MR) is 180 cm³/mol. The van der Waals surface area contributed by atoms with Gasteiger partial charge in [0.15, 0.2) is 6.10 Å². The smallest absolute Gasteiger partial charge is 0.312 e. The highest BCUT2D eigenvalue weighted by Crippen LogP contribution is 2.64. The van der Waals surface area contributed by atoms with Gasteiger partial charge in [-0.05, 0) is 82.2 Å². The third-order valence-corrected chi connectivity index (χ3v) is 10.9. The van der Waals surface area contributed by atoms with Crippen LogP contribution in [-0.2, 0) is 28.7 Å². The molecule has 10 nitrogen and oxygen atoms in total. The summed E-state index contributed by atoms with van der Waals surface area (Å²) in [6.45, 7) is 13.7. The van der Waals surface area contributed by atoms with Crippen LogP contribution in [-0.4, -0.2) is 70.7 Å². The first-order chi connectivity index (χ1) is 21.7. The molecule has 3 aliphatic rings. The highest BCUT2D eigenvalue weighted by atomic mass is 32.2. The van der Waals surface area contributed by atoms with Crippen molar-refractivity contribution >= 4 is 41.5 Å². The maximum absolute atomic E-state index is 13.6. The zero-order valence-corrected chi connectivity index (χ0v) is 29.4. The normalized spacial score (nSPS) is 33.6. The van der Waals surface area contributed by atoms with E-state index in [0.29, 0.717) is 32.2 Å². The highest BCUT2D eigenvalue weighted by molar-refractivity contribution is 8.00. The molecule has 2 aliphatic heterocycles. The molecule has 7 atom stereocenters. The number of rotatable bonds is 4. The monoisotopic (exact) mass is 656 g/mol. The van der Waals surface area contributed by atoms with E-state index in [1.54, 1.807) is 39.5 Å². The van der Waals surface area contributed by atoms with Crippen LogP contribution in [0.3, 0.4) is 0 Å². The van der Waals surface area contributed by atoms with Crippen molar-refractivity contribution in [2.24, 2.45) is 17.3 Å². The van der Waals surface area contributed by atoms with Crippen LogP contribution in [0.4, 0.5) is 0 Å². The van der Waals surface area contributed by atoms with Crippen LogP contribution in [0, 0.1) is 17.3 Å². The predicted octanol–water partition coefficient (Wildman–Crippen LogP) is 4.75. The number of amides is 3. The van der Waals surface area contributed by atoms with Crippen molar-refractivity contribution in [3.8, 4) is 0 Å². The van der Waals surface area contributed by atoms with Gasteiger partial charge in [0.2, 0.25) is 5.91 Å². The number of allylic oxidation sites excluding steroid dienone is 1. The van der Waals surface area contributed by atoms with Crippen molar-refractivity contribution in [3.63, 3.8) is 0 Å². The summed E-state index contributed by atoms with van der Waals surface area (Å²) in [7, 11) is 0. The lowest BCUT2D eigenvalue weighted by molar-refractivity contribution is -0.168. The first-order valence-electron chi connectivity index (χ1n) is 16.6. The van der Waals surface area contributed by atoms with Gasteiger partial charge in [-0.2, -0.15) is 0 Å². The Morgan fingerprint density at radius 3 is 2.37 bits per heavy atom. The molecular formula is C35H52N4O6S. The highest BCUT2D eigenvalue weighted by Gasteiger charge is 2.63. The van der Waals surface area contributed by atoms with Crippen molar-refractivity contribution in [2.75, 3.05) is 12.8 Å². The minimum Gasteiger partial charge on any atom is -0.452 e. The van der Waals surface area contributed by atoms with E-state index in [1.165, 1.54) is 5.01 Å². The molecular weight excluding hydrogens is 604 g/mol. The molecule has 4 bridgehead atoms. The summed E-state index contributed by atoms with van der Waals surface area (Å²) >= 11 is 1.67. The molecule has 0 aromatic heterocycles. The van der Waals surface area contributed by atoms with Gasteiger partial charge in [0.25, 0.3) is 11.8 Å². The average Bonchev–Trinajstić information content (AvgIpc) is 3.59. The number of nitrogens with one attached hydrogen (secondary N) is 3. The second kappa shape index (κ2) is 14.9. The van der Waals surface area contributed by atoms with E-state index in [0.717, 1.165) is 17.5 Å². The Morgan fingerprint density at radius 1 is 1.02 bits per heavy atom. The zero-order chi connectivity index (χ0) is 33.8. The van der Waals surface area contributed by atoms with Crippen LogP contribution < -0.4 is 16.1 Å². The third-order valence-electron chi connectivity index (χ3n) is 9.48. The van der Waals surface area contributed by atoms with Crippen LogP contribution in [0.15, 0.2) is 30.3 Å². The summed E-state index contributed by atoms with van der Waals surface area (Å²) in [5.74, 6) is -2.56. The molecule has 3 N–H and O–H groups in total. The number of carbonyl (C=O) groups is 4. The fourth-order valence-corrected chi connectivity index (χ4v) is 7.48. The van der Waals surface area contributed by atoms with Crippen LogP contribution in [0.5, 0.6) is 0 Å². The molecule has 1 saturated carbocycles. The summed E-state index contributed by atoms with van der Waals surface area (Å²) in [5.41, 5.74) is 5.00. The van der Waals surface area contributed by atoms with Gasteiger partial charge in [-0.3, -0.25) is 24.2 Å². The summed E-state index contributed by atoms with van der Waals surface area (Å²) in [4.78, 5) is 53.3. The summed E-state index contributed by atoms with van der Waals surface area (Å²) < 4.78 is 12.6. The van der Waals surface area contributed by atoms with Gasteiger partial charge in [0.05, 0.1) is 18.1 Å². The number of thioether (sulfide) groups is 1. The van der Waals surface area contributed by atoms with Gasteiger partial charge in [-0.25, -0.2) is 5.43 Å². The SMILES string of the molecule is CSC1(OC2CC/C=C/c3cccc(c3)[C@@H](C)NC(=O)[C@@H]3CCCN(N3)C(=O)[C@H](C)NC(=O)[C@H](C(C)C)OC(=O)[C@@H]2C)CC1(C)C. The molecule has 1 aromatic carbocycles. The Balaban J connectivity index is 1.62. The lowest BCUT2D eigenvalue weighted by Gasteiger charge is -2.35. The van der Waals surface area contributed by atoms with Crippen LogP contribution >= 0.6 is 11.8 Å². The number of fused-ring (bicyclic) bond motifs is 4. The number of nitrogens with zero attached hydrogens (tertiary/aromatic N) is 1. The fourth-order valence-electron chi connectivity index (χ4n) is 6.20. The Hall–Kier alpha value is -2.89. The molecule has 1 aliphatic carbocycles. The topological polar surface area (TPSA) is 126 Å². The number of ether oxygens (including phenoxy) is 2. The second-order valence-corrected chi connectivity index (χ2v) is 15.1. The van der Waals surface area contributed by atoms with Gasteiger partial charge in [-0.15, -0.1) is 11.8 Å². The second-order valence-electron chi connectivity index (χ2n) is 14.0. The van der Waals surface area contributed by atoms with Crippen molar-refractivity contribution in [2.45, 2.75) is 116 Å². The van der Waals surface area contributed by atoms with Gasteiger partial charge in [-0.1, -0.05) is 58.0 Å². The molecule has 0 radical (unpaired) electrons. The molecule has 11 heteroatoms. The number of benzene rings is 1. The van der Waals surface area contributed by atoms with Crippen molar-refractivity contribution in [3.05, 3.63) is 41.5 Å². The number of cyclic esters (lactones) is 1. The van der Waals surface area contributed by atoms with Gasteiger partial charge < -0.3 is 20.1 Å². The maximum Gasteiger partial charge on any atom is 0.312 e. The Morgan fingerprint density at radius 2 is 1.72 bits per heavy atom. The zero-order valence-electron chi connectivity index (χ0n) is 28.6. The quantitative estimate of drug-likeness (QED) is 0.313. The Kier molecular flexibility index (Phi) is 11.6. The molecule has 0 spiro atoms. The molecule has 254 valence electrons. The molecule has 46 heavy (non-hydrogen) atoms. The van der Waals surface area contributed by atoms with E-state index in [1.807, 2.05) is 37.5 Å². The molecule has 2 heterocycles. The Labute approximate surface area is 278 Å². The summed E-state index contributed by atoms with van der Waals surface area (Å²) in [6.07, 6.45) is 7.99. The van der Waals surface area contributed by atoms with Crippen LogP contribution in [0.25, 0.3) is 6.08 Å². The number of hydrogen-bond donors (Lipinski definition) is 3. The minimum atomic E-state index is -1.09. The fraction of sp³-hybridized carbons (Fsp3) is 0.657.